The first-order valence-electron chi connectivity index (χ1n) is 5.65. The average molecular weight is 237 g/mol. The number of imidazole rings is 1. The van der Waals surface area contributed by atoms with Gasteiger partial charge in [-0.15, -0.1) is 0 Å². The lowest BCUT2D eigenvalue weighted by Gasteiger charge is -2.12. The first-order valence-corrected chi connectivity index (χ1v) is 5.65. The fraction of sp³-hybridized carbons (Fsp3) is 0.545. The van der Waals surface area contributed by atoms with E-state index in [0.717, 1.165) is 6.42 Å². The first-order chi connectivity index (χ1) is 8.08. The second kappa shape index (κ2) is 4.57. The van der Waals surface area contributed by atoms with Crippen LogP contribution < -0.4 is 5.32 Å². The zero-order valence-electron chi connectivity index (χ0n) is 9.56. The van der Waals surface area contributed by atoms with Crippen molar-refractivity contribution in [2.24, 2.45) is 5.92 Å². The van der Waals surface area contributed by atoms with Crippen LogP contribution in [0.25, 0.3) is 0 Å². The number of carbonyl (C=O) groups is 2. The van der Waals surface area contributed by atoms with Crippen LogP contribution in [0.4, 0.5) is 0 Å². The zero-order valence-corrected chi connectivity index (χ0v) is 9.56. The van der Waals surface area contributed by atoms with Crippen molar-refractivity contribution in [2.45, 2.75) is 32.2 Å². The van der Waals surface area contributed by atoms with Crippen LogP contribution in [0.1, 0.15) is 47.2 Å². The number of aromatic carboxylic acids is 1. The van der Waals surface area contributed by atoms with Crippen LogP contribution in [0, 0.1) is 5.92 Å². The van der Waals surface area contributed by atoms with Crippen molar-refractivity contribution in [2.75, 3.05) is 0 Å². The minimum atomic E-state index is -1.18. The molecule has 0 spiro atoms. The van der Waals surface area contributed by atoms with E-state index in [1.165, 1.54) is 19.2 Å². The summed E-state index contributed by atoms with van der Waals surface area (Å²) in [6.07, 6.45) is 4.61. The fourth-order valence-corrected chi connectivity index (χ4v) is 1.83. The van der Waals surface area contributed by atoms with Gasteiger partial charge in [0.25, 0.3) is 5.91 Å². The number of hydrogen-bond donors (Lipinski definition) is 3. The number of nitrogens with one attached hydrogen (secondary N) is 2. The Kier molecular flexibility index (Phi) is 3.12. The lowest BCUT2D eigenvalue weighted by atomic mass is 10.1. The van der Waals surface area contributed by atoms with Crippen LogP contribution in [-0.2, 0) is 0 Å². The van der Waals surface area contributed by atoms with Gasteiger partial charge in [0.1, 0.15) is 0 Å². The van der Waals surface area contributed by atoms with Crippen LogP contribution >= 0.6 is 0 Å². The minimum Gasteiger partial charge on any atom is -0.477 e. The van der Waals surface area contributed by atoms with Crippen molar-refractivity contribution >= 4 is 11.9 Å². The molecule has 92 valence electrons. The van der Waals surface area contributed by atoms with Gasteiger partial charge in [0, 0.05) is 6.04 Å². The van der Waals surface area contributed by atoms with Crippen molar-refractivity contribution < 1.29 is 14.7 Å². The second-order valence-electron chi connectivity index (χ2n) is 4.48. The van der Waals surface area contributed by atoms with Gasteiger partial charge in [0.15, 0.2) is 11.4 Å². The molecule has 1 saturated carbocycles. The average Bonchev–Trinajstić information content (AvgIpc) is 2.92. The number of rotatable bonds is 5. The molecule has 0 aliphatic heterocycles. The molecule has 1 amide bonds. The number of H-pyrrole nitrogens is 1. The maximum absolute atomic E-state index is 11.8. The molecule has 1 aromatic rings. The fourth-order valence-electron chi connectivity index (χ4n) is 1.83. The Hall–Kier alpha value is -1.85. The summed E-state index contributed by atoms with van der Waals surface area (Å²) in [7, 11) is 0. The smallest absolute Gasteiger partial charge is 0.354 e. The Morgan fingerprint density at radius 3 is 2.94 bits per heavy atom. The summed E-state index contributed by atoms with van der Waals surface area (Å²) in [6, 6.07) is 0.0494. The number of aromatic nitrogens is 2. The van der Waals surface area contributed by atoms with Gasteiger partial charge in [0.2, 0.25) is 0 Å². The molecular formula is C11H15N3O3. The summed E-state index contributed by atoms with van der Waals surface area (Å²) in [5, 5.41) is 11.6. The number of carboxylic acid groups (broad SMARTS) is 1. The summed E-state index contributed by atoms with van der Waals surface area (Å²) >= 11 is 0. The predicted molar refractivity (Wildman–Crippen MR) is 59.8 cm³/mol. The topological polar surface area (TPSA) is 95.1 Å². The normalized spacial score (nSPS) is 16.5. The Bertz CT molecular complexity index is 437. The number of hydrogen-bond acceptors (Lipinski definition) is 3. The molecule has 3 N–H and O–H groups in total. The van der Waals surface area contributed by atoms with Gasteiger partial charge < -0.3 is 15.4 Å². The monoisotopic (exact) mass is 237 g/mol. The molecule has 1 atom stereocenters. The van der Waals surface area contributed by atoms with Crippen molar-refractivity contribution in [3.05, 3.63) is 17.7 Å². The number of amides is 1. The van der Waals surface area contributed by atoms with Crippen molar-refractivity contribution in [1.82, 2.24) is 15.3 Å². The molecule has 1 unspecified atom stereocenters. The van der Waals surface area contributed by atoms with Gasteiger partial charge >= 0.3 is 5.97 Å². The summed E-state index contributed by atoms with van der Waals surface area (Å²) < 4.78 is 0. The van der Waals surface area contributed by atoms with E-state index in [1.54, 1.807) is 0 Å². The lowest BCUT2D eigenvalue weighted by Crippen LogP contribution is -2.34. The number of carboxylic acids is 1. The number of carbonyl (C=O) groups excluding carboxylic acids is 1. The van der Waals surface area contributed by atoms with Gasteiger partial charge in [-0.25, -0.2) is 9.78 Å². The SMILES string of the molecule is CC(CC1CC1)NC(=O)c1nc[nH]c1C(=O)O. The van der Waals surface area contributed by atoms with Crippen LogP contribution in [0.3, 0.4) is 0 Å². The van der Waals surface area contributed by atoms with Crippen LogP contribution in [0.15, 0.2) is 6.33 Å². The molecule has 0 saturated heterocycles. The highest BCUT2D eigenvalue weighted by molar-refractivity contribution is 6.02. The molecule has 0 bridgehead atoms. The van der Waals surface area contributed by atoms with E-state index in [-0.39, 0.29) is 17.4 Å². The van der Waals surface area contributed by atoms with Crippen molar-refractivity contribution in [3.8, 4) is 0 Å². The molecule has 1 aromatic heterocycles. The Labute approximate surface area is 98.4 Å². The highest BCUT2D eigenvalue weighted by Crippen LogP contribution is 2.33. The largest absolute Gasteiger partial charge is 0.477 e. The maximum Gasteiger partial charge on any atom is 0.354 e. The number of aromatic amines is 1. The lowest BCUT2D eigenvalue weighted by molar-refractivity contribution is 0.0684. The number of nitrogens with zero attached hydrogens (tertiary/aromatic N) is 1. The van der Waals surface area contributed by atoms with E-state index in [1.807, 2.05) is 6.92 Å². The van der Waals surface area contributed by atoms with E-state index < -0.39 is 11.9 Å². The molecule has 6 heteroatoms. The molecule has 0 aromatic carbocycles. The minimum absolute atomic E-state index is 0.0494. The maximum atomic E-state index is 11.8. The molecule has 1 aliphatic carbocycles. The molecule has 6 nitrogen and oxygen atoms in total. The van der Waals surface area contributed by atoms with Crippen molar-refractivity contribution in [1.29, 1.82) is 0 Å². The molecule has 1 heterocycles. The molecule has 1 fully saturated rings. The van der Waals surface area contributed by atoms with E-state index >= 15 is 0 Å². The van der Waals surface area contributed by atoms with Gasteiger partial charge in [-0.05, 0) is 19.3 Å². The zero-order chi connectivity index (χ0) is 12.4. The van der Waals surface area contributed by atoms with Gasteiger partial charge in [0.05, 0.1) is 6.33 Å². The van der Waals surface area contributed by atoms with Crippen LogP contribution in [-0.4, -0.2) is 33.0 Å². The summed E-state index contributed by atoms with van der Waals surface area (Å²) in [5.41, 5.74) is -0.221. The van der Waals surface area contributed by atoms with E-state index in [2.05, 4.69) is 15.3 Å². The van der Waals surface area contributed by atoms with Gasteiger partial charge in [-0.2, -0.15) is 0 Å². The predicted octanol–water partition coefficient (Wildman–Crippen LogP) is 1.03. The molecule has 1 aliphatic rings. The summed E-state index contributed by atoms with van der Waals surface area (Å²) in [6.45, 7) is 1.92. The molecule has 17 heavy (non-hydrogen) atoms. The van der Waals surface area contributed by atoms with E-state index in [9.17, 15) is 9.59 Å². The van der Waals surface area contributed by atoms with E-state index in [4.69, 9.17) is 5.11 Å². The third-order valence-electron chi connectivity index (χ3n) is 2.83. The van der Waals surface area contributed by atoms with Crippen LogP contribution in [0.2, 0.25) is 0 Å². The molecule has 2 rings (SSSR count). The first kappa shape index (κ1) is 11.6. The highest BCUT2D eigenvalue weighted by atomic mass is 16.4. The quantitative estimate of drug-likeness (QED) is 0.712. The molecular weight excluding hydrogens is 222 g/mol. The summed E-state index contributed by atoms with van der Waals surface area (Å²) in [5.74, 6) is -0.900. The Morgan fingerprint density at radius 2 is 2.35 bits per heavy atom. The van der Waals surface area contributed by atoms with E-state index in [0.29, 0.717) is 5.92 Å². The third-order valence-corrected chi connectivity index (χ3v) is 2.83. The third kappa shape index (κ3) is 2.83. The second-order valence-corrected chi connectivity index (χ2v) is 4.48. The van der Waals surface area contributed by atoms with Gasteiger partial charge in [-0.3, -0.25) is 4.79 Å². The summed E-state index contributed by atoms with van der Waals surface area (Å²) in [4.78, 5) is 28.8. The standard InChI is InChI=1S/C11H15N3O3/c1-6(4-7-2-3-7)14-10(15)8-9(11(16)17)13-5-12-8/h5-7H,2-4H2,1H3,(H,12,13)(H,14,15)(H,16,17). The van der Waals surface area contributed by atoms with Crippen LogP contribution in [0.5, 0.6) is 0 Å². The molecule has 0 radical (unpaired) electrons. The highest BCUT2D eigenvalue weighted by Gasteiger charge is 2.26. The Balaban J connectivity index is 1.98. The Morgan fingerprint density at radius 1 is 1.65 bits per heavy atom. The van der Waals surface area contributed by atoms with Gasteiger partial charge in [-0.1, -0.05) is 12.8 Å². The van der Waals surface area contributed by atoms with Crippen molar-refractivity contribution in [3.63, 3.8) is 0 Å².